The van der Waals surface area contributed by atoms with E-state index in [2.05, 4.69) is 15.0 Å². The third kappa shape index (κ3) is 3.81. The van der Waals surface area contributed by atoms with Crippen LogP contribution in [0.2, 0.25) is 0 Å². The van der Waals surface area contributed by atoms with Crippen LogP contribution in [0.15, 0.2) is 4.52 Å². The second-order valence-electron chi connectivity index (χ2n) is 4.33. The standard InChI is InChI=1S/C11H17N3O3/c15-11(16)8-10-12-9(13-17-10)4-7-14-5-2-1-3-6-14/h1-8H2,(H,15,16). The molecular formula is C11H17N3O3. The van der Waals surface area contributed by atoms with Crippen molar-refractivity contribution in [2.24, 2.45) is 0 Å². The van der Waals surface area contributed by atoms with E-state index < -0.39 is 5.97 Å². The van der Waals surface area contributed by atoms with Crippen LogP contribution < -0.4 is 0 Å². The highest BCUT2D eigenvalue weighted by Gasteiger charge is 2.13. The maximum Gasteiger partial charge on any atom is 0.312 e. The van der Waals surface area contributed by atoms with E-state index in [-0.39, 0.29) is 12.3 Å². The molecule has 94 valence electrons. The Hall–Kier alpha value is -1.43. The molecule has 0 saturated carbocycles. The highest BCUT2D eigenvalue weighted by molar-refractivity contribution is 5.68. The summed E-state index contributed by atoms with van der Waals surface area (Å²) in [5.41, 5.74) is 0. The average molecular weight is 239 g/mol. The van der Waals surface area contributed by atoms with Gasteiger partial charge in [-0.3, -0.25) is 4.79 Å². The molecule has 6 nitrogen and oxygen atoms in total. The van der Waals surface area contributed by atoms with Gasteiger partial charge in [-0.15, -0.1) is 0 Å². The quantitative estimate of drug-likeness (QED) is 0.815. The minimum Gasteiger partial charge on any atom is -0.481 e. The molecule has 1 saturated heterocycles. The number of hydrogen-bond acceptors (Lipinski definition) is 5. The lowest BCUT2D eigenvalue weighted by Gasteiger charge is -2.25. The van der Waals surface area contributed by atoms with Gasteiger partial charge in [-0.05, 0) is 25.9 Å². The lowest BCUT2D eigenvalue weighted by atomic mass is 10.1. The van der Waals surface area contributed by atoms with E-state index in [4.69, 9.17) is 9.63 Å². The van der Waals surface area contributed by atoms with Gasteiger partial charge in [0.15, 0.2) is 5.82 Å². The molecule has 0 atom stereocenters. The fraction of sp³-hybridized carbons (Fsp3) is 0.727. The van der Waals surface area contributed by atoms with Gasteiger partial charge in [0, 0.05) is 13.0 Å². The summed E-state index contributed by atoms with van der Waals surface area (Å²) < 4.78 is 4.85. The van der Waals surface area contributed by atoms with E-state index in [1.165, 1.54) is 19.3 Å². The molecule has 0 unspecified atom stereocenters. The molecule has 1 aromatic rings. The molecule has 17 heavy (non-hydrogen) atoms. The number of aliphatic carboxylic acids is 1. The van der Waals surface area contributed by atoms with Crippen molar-refractivity contribution < 1.29 is 14.4 Å². The molecule has 0 radical (unpaired) electrons. The van der Waals surface area contributed by atoms with Crippen LogP contribution in [0.25, 0.3) is 0 Å². The molecule has 0 spiro atoms. The zero-order valence-electron chi connectivity index (χ0n) is 9.76. The van der Waals surface area contributed by atoms with Crippen LogP contribution in [0.5, 0.6) is 0 Å². The van der Waals surface area contributed by atoms with Crippen molar-refractivity contribution in [1.82, 2.24) is 15.0 Å². The van der Waals surface area contributed by atoms with Crippen LogP contribution in [0.1, 0.15) is 31.0 Å². The van der Waals surface area contributed by atoms with Gasteiger partial charge < -0.3 is 14.5 Å². The van der Waals surface area contributed by atoms with Crippen molar-refractivity contribution in [2.45, 2.75) is 32.1 Å². The summed E-state index contributed by atoms with van der Waals surface area (Å²) in [6, 6.07) is 0. The molecule has 1 fully saturated rings. The lowest BCUT2D eigenvalue weighted by Crippen LogP contribution is -2.31. The summed E-state index contributed by atoms with van der Waals surface area (Å²) in [6.45, 7) is 3.20. The van der Waals surface area contributed by atoms with E-state index >= 15 is 0 Å². The summed E-state index contributed by atoms with van der Waals surface area (Å²) >= 11 is 0. The van der Waals surface area contributed by atoms with Crippen molar-refractivity contribution in [2.75, 3.05) is 19.6 Å². The number of piperidine rings is 1. The average Bonchev–Trinajstić information content (AvgIpc) is 2.75. The SMILES string of the molecule is O=C(O)Cc1nc(CCN2CCCCC2)no1. The van der Waals surface area contributed by atoms with Crippen LogP contribution in [-0.4, -0.2) is 45.8 Å². The molecule has 0 aromatic carbocycles. The summed E-state index contributed by atoms with van der Waals surface area (Å²) in [5, 5.41) is 12.4. The molecular weight excluding hydrogens is 222 g/mol. The van der Waals surface area contributed by atoms with Crippen molar-refractivity contribution in [3.63, 3.8) is 0 Å². The van der Waals surface area contributed by atoms with Gasteiger partial charge >= 0.3 is 5.97 Å². The molecule has 1 aliphatic rings. The number of aromatic nitrogens is 2. The lowest BCUT2D eigenvalue weighted by molar-refractivity contribution is -0.136. The zero-order valence-corrected chi connectivity index (χ0v) is 9.76. The smallest absolute Gasteiger partial charge is 0.312 e. The van der Waals surface area contributed by atoms with Crippen molar-refractivity contribution in [1.29, 1.82) is 0 Å². The number of likely N-dealkylation sites (tertiary alicyclic amines) is 1. The van der Waals surface area contributed by atoms with E-state index in [9.17, 15) is 4.79 Å². The van der Waals surface area contributed by atoms with Gasteiger partial charge in [-0.1, -0.05) is 11.6 Å². The van der Waals surface area contributed by atoms with E-state index in [1.807, 2.05) is 0 Å². The predicted octanol–water partition coefficient (Wildman–Crippen LogP) is 0.725. The third-order valence-electron chi connectivity index (χ3n) is 2.91. The third-order valence-corrected chi connectivity index (χ3v) is 2.91. The number of carboxylic acid groups (broad SMARTS) is 1. The van der Waals surface area contributed by atoms with Crippen molar-refractivity contribution in [3.8, 4) is 0 Å². The number of nitrogens with zero attached hydrogens (tertiary/aromatic N) is 3. The molecule has 1 aliphatic heterocycles. The van der Waals surface area contributed by atoms with Gasteiger partial charge in [0.25, 0.3) is 0 Å². The van der Waals surface area contributed by atoms with Crippen molar-refractivity contribution in [3.05, 3.63) is 11.7 Å². The van der Waals surface area contributed by atoms with E-state index in [0.717, 1.165) is 26.1 Å². The van der Waals surface area contributed by atoms with Gasteiger partial charge in [-0.2, -0.15) is 4.98 Å². The van der Waals surface area contributed by atoms with E-state index in [1.54, 1.807) is 0 Å². The first-order chi connectivity index (χ1) is 8.24. The zero-order chi connectivity index (χ0) is 12.1. The summed E-state index contributed by atoms with van der Waals surface area (Å²) in [4.78, 5) is 16.9. The van der Waals surface area contributed by atoms with E-state index in [0.29, 0.717) is 5.82 Å². The van der Waals surface area contributed by atoms with Gasteiger partial charge in [-0.25, -0.2) is 0 Å². The Morgan fingerprint density at radius 2 is 2.12 bits per heavy atom. The molecule has 1 aromatic heterocycles. The molecule has 6 heteroatoms. The molecule has 1 N–H and O–H groups in total. The largest absolute Gasteiger partial charge is 0.481 e. The normalized spacial score (nSPS) is 17.2. The number of carboxylic acids is 1. The number of hydrogen-bond donors (Lipinski definition) is 1. The second-order valence-corrected chi connectivity index (χ2v) is 4.33. The Morgan fingerprint density at radius 3 is 2.82 bits per heavy atom. The minimum atomic E-state index is -0.948. The summed E-state index contributed by atoms with van der Waals surface area (Å²) in [6.07, 6.45) is 4.37. The Kier molecular flexibility index (Phi) is 4.08. The monoisotopic (exact) mass is 239 g/mol. The minimum absolute atomic E-state index is 0.186. The molecule has 0 aliphatic carbocycles. The van der Waals surface area contributed by atoms with Crippen LogP contribution in [0.3, 0.4) is 0 Å². The highest BCUT2D eigenvalue weighted by Crippen LogP contribution is 2.09. The Labute approximate surface area is 99.6 Å². The predicted molar refractivity (Wildman–Crippen MR) is 59.6 cm³/mol. The van der Waals surface area contributed by atoms with Crippen LogP contribution >= 0.6 is 0 Å². The Balaban J connectivity index is 1.78. The maximum atomic E-state index is 10.4. The second kappa shape index (κ2) is 5.77. The Morgan fingerprint density at radius 1 is 1.35 bits per heavy atom. The summed E-state index contributed by atoms with van der Waals surface area (Å²) in [5.74, 6) is -0.158. The first-order valence-corrected chi connectivity index (χ1v) is 5.99. The van der Waals surface area contributed by atoms with Crippen LogP contribution in [0.4, 0.5) is 0 Å². The van der Waals surface area contributed by atoms with Gasteiger partial charge in [0.05, 0.1) is 0 Å². The topological polar surface area (TPSA) is 79.5 Å². The summed E-state index contributed by atoms with van der Waals surface area (Å²) in [7, 11) is 0. The molecule has 0 amide bonds. The molecule has 2 heterocycles. The van der Waals surface area contributed by atoms with Crippen LogP contribution in [0, 0.1) is 0 Å². The first kappa shape index (κ1) is 12.0. The fourth-order valence-corrected chi connectivity index (χ4v) is 2.03. The highest BCUT2D eigenvalue weighted by atomic mass is 16.5. The van der Waals surface area contributed by atoms with Gasteiger partial charge in [0.2, 0.25) is 5.89 Å². The van der Waals surface area contributed by atoms with Crippen molar-refractivity contribution >= 4 is 5.97 Å². The van der Waals surface area contributed by atoms with Gasteiger partial charge in [0.1, 0.15) is 6.42 Å². The number of carbonyl (C=O) groups is 1. The molecule has 2 rings (SSSR count). The Bertz CT molecular complexity index is 372. The fourth-order valence-electron chi connectivity index (χ4n) is 2.03. The maximum absolute atomic E-state index is 10.4. The molecule has 0 bridgehead atoms. The van der Waals surface area contributed by atoms with Crippen LogP contribution in [-0.2, 0) is 17.6 Å². The number of rotatable bonds is 5. The first-order valence-electron chi connectivity index (χ1n) is 5.99.